The van der Waals surface area contributed by atoms with E-state index >= 15 is 0 Å². The fraction of sp³-hybridized carbons (Fsp3) is 1.00. The summed E-state index contributed by atoms with van der Waals surface area (Å²) in [5, 5.41) is 19.5. The van der Waals surface area contributed by atoms with E-state index in [0.29, 0.717) is 39.6 Å². The maximum atomic E-state index is 9.77. The van der Waals surface area contributed by atoms with Crippen molar-refractivity contribution in [2.45, 2.75) is 53.8 Å². The zero-order chi connectivity index (χ0) is 16.5. The molecular formula is C16H34O5. The van der Waals surface area contributed by atoms with E-state index < -0.39 is 12.2 Å². The molecule has 0 aliphatic heterocycles. The van der Waals surface area contributed by atoms with Gasteiger partial charge in [0, 0.05) is 0 Å². The van der Waals surface area contributed by atoms with Crippen LogP contribution in [-0.2, 0) is 14.2 Å². The van der Waals surface area contributed by atoms with E-state index in [1.165, 1.54) is 0 Å². The Balaban J connectivity index is 3.38. The van der Waals surface area contributed by atoms with Crippen molar-refractivity contribution in [1.82, 2.24) is 0 Å². The Labute approximate surface area is 129 Å². The van der Waals surface area contributed by atoms with Gasteiger partial charge in [-0.05, 0) is 10.8 Å². The Kier molecular flexibility index (Phi) is 9.65. The van der Waals surface area contributed by atoms with Crippen molar-refractivity contribution in [1.29, 1.82) is 0 Å². The minimum Gasteiger partial charge on any atom is -0.390 e. The molecule has 0 amide bonds. The van der Waals surface area contributed by atoms with E-state index in [2.05, 4.69) is 0 Å². The molecule has 0 heterocycles. The molecule has 21 heavy (non-hydrogen) atoms. The average Bonchev–Trinajstić information content (AvgIpc) is 2.33. The zero-order valence-corrected chi connectivity index (χ0v) is 14.5. The predicted octanol–water partition coefficient (Wildman–Crippen LogP) is 1.85. The number of ether oxygens (including phenoxy) is 3. The van der Waals surface area contributed by atoms with Crippen LogP contribution >= 0.6 is 0 Å². The first-order valence-corrected chi connectivity index (χ1v) is 7.64. The van der Waals surface area contributed by atoms with E-state index in [9.17, 15) is 10.2 Å². The van der Waals surface area contributed by atoms with Gasteiger partial charge in [-0.3, -0.25) is 0 Å². The molecular weight excluding hydrogens is 272 g/mol. The minimum absolute atomic E-state index is 0.164. The molecule has 5 heteroatoms. The van der Waals surface area contributed by atoms with Gasteiger partial charge in [-0.1, -0.05) is 41.5 Å². The number of aliphatic hydroxyl groups is 2. The molecule has 0 bridgehead atoms. The Hall–Kier alpha value is -0.200. The van der Waals surface area contributed by atoms with Crippen molar-refractivity contribution in [3.63, 3.8) is 0 Å². The molecule has 0 unspecified atom stereocenters. The molecule has 2 N–H and O–H groups in total. The second-order valence-corrected chi connectivity index (χ2v) is 7.53. The van der Waals surface area contributed by atoms with Gasteiger partial charge in [0.1, 0.15) is 0 Å². The third kappa shape index (κ3) is 11.1. The van der Waals surface area contributed by atoms with Gasteiger partial charge in [0.25, 0.3) is 0 Å². The second kappa shape index (κ2) is 9.74. The molecule has 2 atom stereocenters. The first-order chi connectivity index (χ1) is 9.55. The topological polar surface area (TPSA) is 68.2 Å². The van der Waals surface area contributed by atoms with Gasteiger partial charge in [-0.2, -0.15) is 0 Å². The predicted molar refractivity (Wildman–Crippen MR) is 83.4 cm³/mol. The average molecular weight is 306 g/mol. The lowest BCUT2D eigenvalue weighted by molar-refractivity contribution is -0.0522. The van der Waals surface area contributed by atoms with Crippen LogP contribution in [0, 0.1) is 10.8 Å². The van der Waals surface area contributed by atoms with Gasteiger partial charge >= 0.3 is 0 Å². The Morgan fingerprint density at radius 2 is 0.905 bits per heavy atom. The first kappa shape index (κ1) is 20.8. The van der Waals surface area contributed by atoms with E-state index in [1.54, 1.807) is 0 Å². The van der Waals surface area contributed by atoms with Crippen molar-refractivity contribution in [2.75, 3.05) is 39.6 Å². The summed E-state index contributed by atoms with van der Waals surface area (Å²) in [6.07, 6.45) is -0.945. The number of hydrogen-bond donors (Lipinski definition) is 2. The van der Waals surface area contributed by atoms with Crippen molar-refractivity contribution in [3.05, 3.63) is 0 Å². The van der Waals surface area contributed by atoms with Crippen LogP contribution in [0.25, 0.3) is 0 Å². The third-order valence-electron chi connectivity index (χ3n) is 3.29. The normalized spacial score (nSPS) is 16.0. The standard InChI is InChI=1S/C16H34O5/c1-15(2,3)13(17)11-20-9-7-19-8-10-21-12-14(18)16(4,5)6/h13-14,17-18H,7-12H2,1-6H3/t13-,14-/m0/s1. The zero-order valence-electron chi connectivity index (χ0n) is 14.5. The summed E-state index contributed by atoms with van der Waals surface area (Å²) in [6.45, 7) is 14.3. The van der Waals surface area contributed by atoms with E-state index in [0.717, 1.165) is 0 Å². The molecule has 0 saturated carbocycles. The van der Waals surface area contributed by atoms with Crippen LogP contribution in [0.5, 0.6) is 0 Å². The molecule has 0 spiro atoms. The second-order valence-electron chi connectivity index (χ2n) is 7.53. The lowest BCUT2D eigenvalue weighted by atomic mass is 9.90. The van der Waals surface area contributed by atoms with Gasteiger partial charge in [0.15, 0.2) is 0 Å². The smallest absolute Gasteiger partial charge is 0.0821 e. The third-order valence-corrected chi connectivity index (χ3v) is 3.29. The van der Waals surface area contributed by atoms with Crippen LogP contribution in [0.1, 0.15) is 41.5 Å². The SMILES string of the molecule is CC(C)(C)[C@@H](O)COCCOCCOC[C@H](O)C(C)(C)C. The first-order valence-electron chi connectivity index (χ1n) is 7.64. The van der Waals surface area contributed by atoms with Crippen molar-refractivity contribution >= 4 is 0 Å². The van der Waals surface area contributed by atoms with Crippen LogP contribution < -0.4 is 0 Å². The molecule has 0 aromatic heterocycles. The molecule has 0 radical (unpaired) electrons. The maximum absolute atomic E-state index is 9.77. The van der Waals surface area contributed by atoms with Crippen LogP contribution in [0.15, 0.2) is 0 Å². The molecule has 0 saturated heterocycles. The molecule has 0 aromatic rings. The monoisotopic (exact) mass is 306 g/mol. The molecule has 0 rings (SSSR count). The Morgan fingerprint density at radius 3 is 1.19 bits per heavy atom. The molecule has 5 nitrogen and oxygen atoms in total. The van der Waals surface area contributed by atoms with Gasteiger partial charge in [-0.25, -0.2) is 0 Å². The quantitative estimate of drug-likeness (QED) is 0.603. The number of aliphatic hydroxyl groups excluding tert-OH is 2. The maximum Gasteiger partial charge on any atom is 0.0821 e. The highest BCUT2D eigenvalue weighted by Crippen LogP contribution is 2.19. The molecule has 128 valence electrons. The molecule has 0 aliphatic rings. The van der Waals surface area contributed by atoms with Gasteiger partial charge in [-0.15, -0.1) is 0 Å². The van der Waals surface area contributed by atoms with Gasteiger partial charge in [0.2, 0.25) is 0 Å². The van der Waals surface area contributed by atoms with Crippen LogP contribution in [0.2, 0.25) is 0 Å². The van der Waals surface area contributed by atoms with Crippen LogP contribution in [0.4, 0.5) is 0 Å². The molecule has 0 aromatic carbocycles. The largest absolute Gasteiger partial charge is 0.390 e. The minimum atomic E-state index is -0.472. The lowest BCUT2D eigenvalue weighted by Crippen LogP contribution is -2.31. The fourth-order valence-electron chi connectivity index (χ4n) is 1.23. The van der Waals surface area contributed by atoms with E-state index in [-0.39, 0.29) is 10.8 Å². The Morgan fingerprint density at radius 1 is 0.619 bits per heavy atom. The van der Waals surface area contributed by atoms with E-state index in [4.69, 9.17) is 14.2 Å². The van der Waals surface area contributed by atoms with E-state index in [1.807, 2.05) is 41.5 Å². The summed E-state index contributed by atoms with van der Waals surface area (Å²) in [6, 6.07) is 0. The fourth-order valence-corrected chi connectivity index (χ4v) is 1.23. The summed E-state index contributed by atoms with van der Waals surface area (Å²) >= 11 is 0. The van der Waals surface area contributed by atoms with Crippen LogP contribution in [0.3, 0.4) is 0 Å². The van der Waals surface area contributed by atoms with Gasteiger partial charge in [0.05, 0.1) is 51.8 Å². The van der Waals surface area contributed by atoms with Crippen molar-refractivity contribution in [3.8, 4) is 0 Å². The van der Waals surface area contributed by atoms with Crippen molar-refractivity contribution in [2.24, 2.45) is 10.8 Å². The summed E-state index contributed by atoms with van der Waals surface area (Å²) < 4.78 is 16.1. The summed E-state index contributed by atoms with van der Waals surface area (Å²) in [5.41, 5.74) is -0.328. The highest BCUT2D eigenvalue weighted by atomic mass is 16.5. The molecule has 0 fully saturated rings. The lowest BCUT2D eigenvalue weighted by Gasteiger charge is -2.25. The van der Waals surface area contributed by atoms with Crippen molar-refractivity contribution < 1.29 is 24.4 Å². The summed E-state index contributed by atoms with van der Waals surface area (Å²) in [7, 11) is 0. The molecule has 0 aliphatic carbocycles. The Bertz CT molecular complexity index is 228. The number of rotatable bonds is 10. The summed E-state index contributed by atoms with van der Waals surface area (Å²) in [5.74, 6) is 0. The highest BCUT2D eigenvalue weighted by Gasteiger charge is 2.22. The highest BCUT2D eigenvalue weighted by molar-refractivity contribution is 4.72. The number of hydrogen-bond acceptors (Lipinski definition) is 5. The summed E-state index contributed by atoms with van der Waals surface area (Å²) in [4.78, 5) is 0. The van der Waals surface area contributed by atoms with Gasteiger partial charge < -0.3 is 24.4 Å². The van der Waals surface area contributed by atoms with Crippen LogP contribution in [-0.4, -0.2) is 62.1 Å².